The van der Waals surface area contributed by atoms with Gasteiger partial charge in [-0.15, -0.1) is 0 Å². The summed E-state index contributed by atoms with van der Waals surface area (Å²) < 4.78 is 12.8. The number of fused-ring (bicyclic) bond motifs is 3. The SMILES string of the molecule is C1CN2CCC1CC2.O=C(O)C(NCc1ccc(F)cc1)c1ccccc1. The van der Waals surface area contributed by atoms with Gasteiger partial charge in [-0.2, -0.15) is 0 Å². The molecule has 2 aromatic rings. The number of hydrogen-bond acceptors (Lipinski definition) is 3. The summed E-state index contributed by atoms with van der Waals surface area (Å²) in [6.45, 7) is 4.55. The van der Waals surface area contributed by atoms with Crippen molar-refractivity contribution in [1.82, 2.24) is 10.2 Å². The van der Waals surface area contributed by atoms with Gasteiger partial charge in [0.05, 0.1) is 0 Å². The number of benzene rings is 2. The van der Waals surface area contributed by atoms with Gasteiger partial charge in [0.15, 0.2) is 0 Å². The minimum absolute atomic E-state index is 0.304. The minimum Gasteiger partial charge on any atom is -0.480 e. The van der Waals surface area contributed by atoms with Crippen LogP contribution >= 0.6 is 0 Å². The van der Waals surface area contributed by atoms with Gasteiger partial charge in [0.1, 0.15) is 11.9 Å². The van der Waals surface area contributed by atoms with Crippen LogP contribution in [0.4, 0.5) is 4.39 Å². The molecule has 0 amide bonds. The number of rotatable bonds is 5. The van der Waals surface area contributed by atoms with Crippen LogP contribution in [-0.2, 0) is 11.3 Å². The highest BCUT2D eigenvalue weighted by Crippen LogP contribution is 2.26. The summed E-state index contributed by atoms with van der Waals surface area (Å²) in [5.41, 5.74) is 1.53. The summed E-state index contributed by atoms with van der Waals surface area (Å²) in [7, 11) is 0. The van der Waals surface area contributed by atoms with Crippen LogP contribution in [0.5, 0.6) is 0 Å². The summed E-state index contributed by atoms with van der Waals surface area (Å²) in [6, 6.07) is 14.2. The Hall–Kier alpha value is -2.24. The second kappa shape index (κ2) is 9.62. The van der Waals surface area contributed by atoms with Gasteiger partial charge in [0, 0.05) is 6.54 Å². The molecule has 0 saturated carbocycles. The Morgan fingerprint density at radius 1 is 1.04 bits per heavy atom. The number of hydrogen-bond donors (Lipinski definition) is 2. The third kappa shape index (κ3) is 5.88. The van der Waals surface area contributed by atoms with E-state index in [1.165, 1.54) is 51.0 Å². The maximum absolute atomic E-state index is 12.8. The zero-order valence-corrected chi connectivity index (χ0v) is 15.5. The quantitative estimate of drug-likeness (QED) is 0.840. The Kier molecular flexibility index (Phi) is 6.96. The van der Waals surface area contributed by atoms with Crippen molar-refractivity contribution in [2.75, 3.05) is 19.6 Å². The van der Waals surface area contributed by atoms with Gasteiger partial charge in [-0.3, -0.25) is 10.1 Å². The van der Waals surface area contributed by atoms with Crippen LogP contribution in [0, 0.1) is 11.7 Å². The van der Waals surface area contributed by atoms with Crippen LogP contribution in [0.3, 0.4) is 0 Å². The number of piperidine rings is 3. The topological polar surface area (TPSA) is 52.6 Å². The summed E-state index contributed by atoms with van der Waals surface area (Å²) in [4.78, 5) is 13.8. The van der Waals surface area contributed by atoms with E-state index in [9.17, 15) is 14.3 Å². The summed E-state index contributed by atoms with van der Waals surface area (Å²) in [6.07, 6.45) is 4.46. The van der Waals surface area contributed by atoms with Gasteiger partial charge >= 0.3 is 5.97 Å². The molecular formula is C22H27FN2O2. The standard InChI is InChI=1S/C15H14FNO2.C7H13N/c16-13-8-6-11(7-9-13)10-17-14(15(18)19)12-4-2-1-3-5-12;1-4-8-5-2-7(1)3-6-8/h1-9,14,17H,10H2,(H,18,19);7H,1-6H2. The van der Waals surface area contributed by atoms with E-state index in [1.54, 1.807) is 36.4 Å². The Balaban J connectivity index is 0.000000216. The molecule has 5 heteroatoms. The van der Waals surface area contributed by atoms with E-state index < -0.39 is 12.0 Å². The molecule has 3 aliphatic heterocycles. The fraction of sp³-hybridized carbons (Fsp3) is 0.409. The van der Waals surface area contributed by atoms with Crippen LogP contribution in [0.25, 0.3) is 0 Å². The van der Waals surface area contributed by atoms with E-state index in [0.29, 0.717) is 12.1 Å². The molecule has 2 N–H and O–H groups in total. The van der Waals surface area contributed by atoms with Crippen molar-refractivity contribution >= 4 is 5.97 Å². The number of aliphatic carboxylic acids is 1. The first-order valence-corrected chi connectivity index (χ1v) is 9.60. The highest BCUT2D eigenvalue weighted by molar-refractivity contribution is 5.75. The Morgan fingerprint density at radius 2 is 1.63 bits per heavy atom. The van der Waals surface area contributed by atoms with Gasteiger partial charge in [0.25, 0.3) is 0 Å². The molecule has 2 bridgehead atoms. The van der Waals surface area contributed by atoms with E-state index in [0.717, 1.165) is 11.5 Å². The maximum Gasteiger partial charge on any atom is 0.325 e. The zero-order chi connectivity index (χ0) is 19.1. The van der Waals surface area contributed by atoms with E-state index in [1.807, 2.05) is 6.07 Å². The van der Waals surface area contributed by atoms with Crippen LogP contribution in [0.2, 0.25) is 0 Å². The van der Waals surface area contributed by atoms with E-state index in [4.69, 9.17) is 0 Å². The second-order valence-corrected chi connectivity index (χ2v) is 7.26. The van der Waals surface area contributed by atoms with Gasteiger partial charge in [-0.25, -0.2) is 4.39 Å². The number of carboxylic acids is 1. The molecule has 144 valence electrons. The Morgan fingerprint density at radius 3 is 2.07 bits per heavy atom. The predicted octanol–water partition coefficient (Wildman–Crippen LogP) is 3.84. The monoisotopic (exact) mass is 370 g/mol. The molecule has 0 aliphatic carbocycles. The molecule has 4 nitrogen and oxygen atoms in total. The van der Waals surface area contributed by atoms with Crippen LogP contribution in [0.1, 0.15) is 36.4 Å². The molecule has 3 heterocycles. The number of halogens is 1. The van der Waals surface area contributed by atoms with Crippen molar-refractivity contribution in [3.05, 3.63) is 71.5 Å². The van der Waals surface area contributed by atoms with Gasteiger partial charge in [-0.1, -0.05) is 42.5 Å². The predicted molar refractivity (Wildman–Crippen MR) is 104 cm³/mol. The highest BCUT2D eigenvalue weighted by atomic mass is 19.1. The first-order valence-electron chi connectivity index (χ1n) is 9.60. The van der Waals surface area contributed by atoms with Crippen LogP contribution < -0.4 is 5.32 Å². The molecule has 3 fully saturated rings. The third-order valence-corrected chi connectivity index (χ3v) is 5.36. The molecule has 1 atom stereocenters. The van der Waals surface area contributed by atoms with Crippen molar-refractivity contribution in [2.45, 2.75) is 31.8 Å². The van der Waals surface area contributed by atoms with Crippen molar-refractivity contribution in [3.63, 3.8) is 0 Å². The number of nitrogens with zero attached hydrogens (tertiary/aromatic N) is 1. The molecule has 3 aliphatic rings. The molecule has 27 heavy (non-hydrogen) atoms. The average Bonchev–Trinajstić information content (AvgIpc) is 2.72. The van der Waals surface area contributed by atoms with Gasteiger partial charge in [0.2, 0.25) is 0 Å². The average molecular weight is 370 g/mol. The molecule has 2 aromatic carbocycles. The van der Waals surface area contributed by atoms with Crippen molar-refractivity contribution < 1.29 is 14.3 Å². The van der Waals surface area contributed by atoms with E-state index in [2.05, 4.69) is 10.2 Å². The first kappa shape index (κ1) is 19.5. The molecule has 0 radical (unpaired) electrons. The minimum atomic E-state index is -0.937. The zero-order valence-electron chi connectivity index (χ0n) is 15.5. The number of nitrogens with one attached hydrogen (secondary N) is 1. The first-order chi connectivity index (χ1) is 13.1. The van der Waals surface area contributed by atoms with Crippen molar-refractivity contribution in [3.8, 4) is 0 Å². The smallest absolute Gasteiger partial charge is 0.325 e. The molecule has 5 rings (SSSR count). The normalized spacial score (nSPS) is 21.8. The second-order valence-electron chi connectivity index (χ2n) is 7.26. The summed E-state index contributed by atoms with van der Waals surface area (Å²) in [5, 5.41) is 12.2. The van der Waals surface area contributed by atoms with Crippen molar-refractivity contribution in [2.24, 2.45) is 5.92 Å². The number of carboxylic acid groups (broad SMARTS) is 1. The summed E-state index contributed by atoms with van der Waals surface area (Å²) >= 11 is 0. The third-order valence-electron chi connectivity index (χ3n) is 5.36. The Bertz CT molecular complexity index is 690. The highest BCUT2D eigenvalue weighted by Gasteiger charge is 2.24. The van der Waals surface area contributed by atoms with Crippen molar-refractivity contribution in [1.29, 1.82) is 0 Å². The lowest BCUT2D eigenvalue weighted by molar-refractivity contribution is -0.139. The lowest BCUT2D eigenvalue weighted by Gasteiger charge is -2.38. The van der Waals surface area contributed by atoms with Crippen LogP contribution in [0.15, 0.2) is 54.6 Å². The molecular weight excluding hydrogens is 343 g/mol. The lowest BCUT2D eigenvalue weighted by atomic mass is 9.89. The molecule has 0 spiro atoms. The maximum atomic E-state index is 12.8. The van der Waals surface area contributed by atoms with Gasteiger partial charge in [-0.05, 0) is 68.1 Å². The van der Waals surface area contributed by atoms with Gasteiger partial charge < -0.3 is 10.0 Å². The fourth-order valence-electron chi connectivity index (χ4n) is 3.68. The molecule has 1 unspecified atom stereocenters. The van der Waals surface area contributed by atoms with E-state index in [-0.39, 0.29) is 5.82 Å². The fourth-order valence-corrected chi connectivity index (χ4v) is 3.68. The Labute approximate surface area is 160 Å². The molecule has 3 saturated heterocycles. The summed E-state index contributed by atoms with van der Waals surface area (Å²) in [5.74, 6) is -0.130. The number of carbonyl (C=O) groups is 1. The van der Waals surface area contributed by atoms with E-state index >= 15 is 0 Å². The lowest BCUT2D eigenvalue weighted by Crippen LogP contribution is -2.41. The molecule has 0 aromatic heterocycles. The largest absolute Gasteiger partial charge is 0.480 e. The van der Waals surface area contributed by atoms with Crippen LogP contribution in [-0.4, -0.2) is 35.6 Å².